The molecule has 0 saturated carbocycles. The van der Waals surface area contributed by atoms with Gasteiger partial charge in [-0.15, -0.1) is 0 Å². The van der Waals surface area contributed by atoms with E-state index in [4.69, 9.17) is 0 Å². The number of ether oxygens (including phenoxy) is 2. The largest absolute Gasteiger partial charge is 0.465 e. The second-order valence-electron chi connectivity index (χ2n) is 4.66. The van der Waals surface area contributed by atoms with Crippen molar-refractivity contribution in [2.75, 3.05) is 12.4 Å². The van der Waals surface area contributed by atoms with Gasteiger partial charge in [0.1, 0.15) is 17.4 Å². The molecule has 2 rings (SSSR count). The third-order valence-electron chi connectivity index (χ3n) is 3.03. The lowest BCUT2D eigenvalue weighted by Crippen LogP contribution is -2.15. The van der Waals surface area contributed by atoms with E-state index in [-0.39, 0.29) is 11.3 Å². The molecule has 0 saturated heterocycles. The summed E-state index contributed by atoms with van der Waals surface area (Å²) in [5, 5.41) is 2.12. The van der Waals surface area contributed by atoms with Crippen molar-refractivity contribution in [1.82, 2.24) is 0 Å². The number of hydrogen-bond acceptors (Lipinski definition) is 4. The number of methoxy groups -OCH3 is 1. The number of alkyl halides is 2. The zero-order chi connectivity index (χ0) is 18.6. The Bertz CT molecular complexity index is 811. The van der Waals surface area contributed by atoms with E-state index in [0.717, 1.165) is 19.2 Å². The lowest BCUT2D eigenvalue weighted by Gasteiger charge is -2.10. The van der Waals surface area contributed by atoms with Crippen molar-refractivity contribution in [2.24, 2.45) is 0 Å². The van der Waals surface area contributed by atoms with Gasteiger partial charge in [-0.1, -0.05) is 6.07 Å². The minimum Gasteiger partial charge on any atom is -0.465 e. The molecule has 0 fully saturated rings. The second-order valence-corrected chi connectivity index (χ2v) is 4.66. The van der Waals surface area contributed by atoms with Crippen LogP contribution in [0.25, 0.3) is 0 Å². The molecule has 1 amide bonds. The minimum absolute atomic E-state index is 0.110. The number of rotatable bonds is 5. The topological polar surface area (TPSA) is 64.6 Å². The zero-order valence-electron chi connectivity index (χ0n) is 12.7. The summed E-state index contributed by atoms with van der Waals surface area (Å²) in [5.41, 5.74) is -1.16. The Labute approximate surface area is 139 Å². The van der Waals surface area contributed by atoms with Crippen LogP contribution < -0.4 is 10.1 Å². The van der Waals surface area contributed by atoms with Crippen molar-refractivity contribution in [3.63, 3.8) is 0 Å². The van der Waals surface area contributed by atoms with E-state index in [0.29, 0.717) is 6.07 Å². The molecule has 0 aromatic heterocycles. The molecule has 0 atom stereocenters. The Morgan fingerprint density at radius 3 is 2.44 bits per heavy atom. The highest BCUT2D eigenvalue weighted by atomic mass is 19.3. The van der Waals surface area contributed by atoms with Gasteiger partial charge in [0.25, 0.3) is 5.91 Å². The molecule has 5 nitrogen and oxygen atoms in total. The molecule has 2 aromatic carbocycles. The van der Waals surface area contributed by atoms with Gasteiger partial charge >= 0.3 is 12.6 Å². The fourth-order valence-electron chi connectivity index (χ4n) is 1.92. The molecule has 0 aliphatic rings. The predicted octanol–water partition coefficient (Wildman–Crippen LogP) is 3.61. The van der Waals surface area contributed by atoms with Crippen LogP contribution in [0.2, 0.25) is 0 Å². The fourth-order valence-corrected chi connectivity index (χ4v) is 1.92. The van der Waals surface area contributed by atoms with Gasteiger partial charge in [-0.2, -0.15) is 8.78 Å². The average Bonchev–Trinajstić information content (AvgIpc) is 2.56. The first-order valence-corrected chi connectivity index (χ1v) is 6.75. The molecular weight excluding hydrogens is 346 g/mol. The maximum absolute atomic E-state index is 13.8. The summed E-state index contributed by atoms with van der Waals surface area (Å²) >= 11 is 0. The number of carbonyl (C=O) groups excluding carboxylic acids is 2. The summed E-state index contributed by atoms with van der Waals surface area (Å²) in [4.78, 5) is 23.5. The highest BCUT2D eigenvalue weighted by molar-refractivity contribution is 6.05. The van der Waals surface area contributed by atoms with E-state index in [9.17, 15) is 27.2 Å². The van der Waals surface area contributed by atoms with Crippen molar-refractivity contribution in [3.05, 3.63) is 59.2 Å². The second kappa shape index (κ2) is 7.65. The number of carbonyl (C=O) groups is 2. The molecule has 0 aliphatic heterocycles. The Hall–Kier alpha value is -3.10. The Balaban J connectivity index is 2.27. The number of hydrogen-bond donors (Lipinski definition) is 1. The highest BCUT2D eigenvalue weighted by Crippen LogP contribution is 2.22. The fraction of sp³-hybridized carbons (Fsp3) is 0.125. The predicted molar refractivity (Wildman–Crippen MR) is 78.7 cm³/mol. The highest BCUT2D eigenvalue weighted by Gasteiger charge is 2.18. The van der Waals surface area contributed by atoms with Gasteiger partial charge in [0, 0.05) is 11.6 Å². The molecular formula is C16H11F4NO4. The molecule has 2 aromatic rings. The molecule has 0 radical (unpaired) electrons. The lowest BCUT2D eigenvalue weighted by atomic mass is 10.1. The molecule has 25 heavy (non-hydrogen) atoms. The van der Waals surface area contributed by atoms with Crippen molar-refractivity contribution < 1.29 is 36.6 Å². The summed E-state index contributed by atoms with van der Waals surface area (Å²) in [7, 11) is 1.01. The van der Waals surface area contributed by atoms with Gasteiger partial charge in [-0.3, -0.25) is 4.79 Å². The first-order valence-electron chi connectivity index (χ1n) is 6.75. The standard InChI is InChI=1S/C16H11F4NO4/c1-24-15(23)10-6-13(12(18)7-11(10)17)21-14(22)8-3-2-4-9(5-8)25-16(19)20/h2-7,16H,1H3,(H,21,22). The zero-order valence-corrected chi connectivity index (χ0v) is 12.7. The van der Waals surface area contributed by atoms with E-state index < -0.39 is 41.4 Å². The van der Waals surface area contributed by atoms with Crippen molar-refractivity contribution >= 4 is 17.6 Å². The van der Waals surface area contributed by atoms with Gasteiger partial charge < -0.3 is 14.8 Å². The van der Waals surface area contributed by atoms with Crippen molar-refractivity contribution in [2.45, 2.75) is 6.61 Å². The molecule has 1 N–H and O–H groups in total. The number of anilines is 1. The Morgan fingerprint density at radius 1 is 1.08 bits per heavy atom. The number of amides is 1. The van der Waals surface area contributed by atoms with E-state index >= 15 is 0 Å². The third-order valence-corrected chi connectivity index (χ3v) is 3.03. The molecule has 0 bridgehead atoms. The summed E-state index contributed by atoms with van der Waals surface area (Å²) < 4.78 is 60.3. The van der Waals surface area contributed by atoms with Gasteiger partial charge in [-0.25, -0.2) is 13.6 Å². The molecule has 0 unspecified atom stereocenters. The summed E-state index contributed by atoms with van der Waals surface area (Å²) in [6.45, 7) is -3.07. The van der Waals surface area contributed by atoms with E-state index in [1.165, 1.54) is 18.2 Å². The first kappa shape index (κ1) is 18.2. The van der Waals surface area contributed by atoms with Crippen LogP contribution in [-0.4, -0.2) is 25.6 Å². The summed E-state index contributed by atoms with van der Waals surface area (Å²) in [6, 6.07) is 5.97. The number of halogens is 4. The third kappa shape index (κ3) is 4.46. The van der Waals surface area contributed by atoms with Crippen LogP contribution in [0.3, 0.4) is 0 Å². The smallest absolute Gasteiger partial charge is 0.387 e. The van der Waals surface area contributed by atoms with Crippen LogP contribution in [0.15, 0.2) is 36.4 Å². The molecule has 0 heterocycles. The van der Waals surface area contributed by atoms with E-state index in [1.807, 2.05) is 0 Å². The van der Waals surface area contributed by atoms with E-state index in [2.05, 4.69) is 14.8 Å². The van der Waals surface area contributed by atoms with Crippen LogP contribution in [0.4, 0.5) is 23.2 Å². The number of nitrogens with one attached hydrogen (secondary N) is 1. The first-order chi connectivity index (χ1) is 11.8. The van der Waals surface area contributed by atoms with Crippen molar-refractivity contribution in [1.29, 1.82) is 0 Å². The van der Waals surface area contributed by atoms with Crippen LogP contribution >= 0.6 is 0 Å². The van der Waals surface area contributed by atoms with Gasteiger partial charge in [0.05, 0.1) is 18.4 Å². The SMILES string of the molecule is COC(=O)c1cc(NC(=O)c2cccc(OC(F)F)c2)c(F)cc1F. The minimum atomic E-state index is -3.07. The van der Waals surface area contributed by atoms with Gasteiger partial charge in [0.2, 0.25) is 0 Å². The van der Waals surface area contributed by atoms with Crippen LogP contribution in [-0.2, 0) is 4.74 Å². The van der Waals surface area contributed by atoms with Gasteiger partial charge in [-0.05, 0) is 24.3 Å². The monoisotopic (exact) mass is 357 g/mol. The quantitative estimate of drug-likeness (QED) is 0.656. The average molecular weight is 357 g/mol. The van der Waals surface area contributed by atoms with Crippen LogP contribution in [0, 0.1) is 11.6 Å². The maximum Gasteiger partial charge on any atom is 0.387 e. The molecule has 0 aliphatic carbocycles. The number of esters is 1. The van der Waals surface area contributed by atoms with Crippen molar-refractivity contribution in [3.8, 4) is 5.75 Å². The lowest BCUT2D eigenvalue weighted by molar-refractivity contribution is -0.0498. The summed E-state index contributed by atoms with van der Waals surface area (Å²) in [5.74, 6) is -4.48. The van der Waals surface area contributed by atoms with E-state index in [1.54, 1.807) is 0 Å². The number of benzene rings is 2. The summed E-state index contributed by atoms with van der Waals surface area (Å²) in [6.07, 6.45) is 0. The maximum atomic E-state index is 13.8. The normalized spacial score (nSPS) is 10.5. The Kier molecular flexibility index (Phi) is 5.58. The molecule has 132 valence electrons. The van der Waals surface area contributed by atoms with Crippen LogP contribution in [0.1, 0.15) is 20.7 Å². The molecule has 0 spiro atoms. The van der Waals surface area contributed by atoms with Gasteiger partial charge in [0.15, 0.2) is 0 Å². The van der Waals surface area contributed by atoms with Crippen LogP contribution in [0.5, 0.6) is 5.75 Å². The Morgan fingerprint density at radius 2 is 1.80 bits per heavy atom. The molecule has 9 heteroatoms.